The number of alkyl halides is 1. The van der Waals surface area contributed by atoms with Crippen molar-refractivity contribution in [2.24, 2.45) is 0 Å². The van der Waals surface area contributed by atoms with E-state index >= 15 is 0 Å². The van der Waals surface area contributed by atoms with Crippen molar-refractivity contribution < 1.29 is 10.2 Å². The summed E-state index contributed by atoms with van der Waals surface area (Å²) in [4.78, 5) is 0. The van der Waals surface area contributed by atoms with E-state index in [2.05, 4.69) is 10.2 Å². The number of hydrogen-bond acceptors (Lipinski definition) is 4. The lowest BCUT2D eigenvalue weighted by molar-refractivity contribution is 0.0328. The lowest BCUT2D eigenvalue weighted by Crippen LogP contribution is -2.20. The molecule has 1 rings (SSSR count). The molecule has 0 radical (unpaired) electrons. The predicted octanol–water partition coefficient (Wildman–Crippen LogP) is -0.0666. The molecule has 0 amide bonds. The van der Waals surface area contributed by atoms with Crippen molar-refractivity contribution >= 4 is 17.4 Å². The van der Waals surface area contributed by atoms with E-state index in [1.54, 1.807) is 6.92 Å². The van der Waals surface area contributed by atoms with Crippen molar-refractivity contribution in [3.05, 3.63) is 11.3 Å². The van der Waals surface area contributed by atoms with E-state index < -0.39 is 12.2 Å². The normalized spacial score (nSPS) is 15.7. The number of nitrogens with zero attached hydrogens (tertiary/aromatic N) is 1. The molecule has 13 heavy (non-hydrogen) atoms. The lowest BCUT2D eigenvalue weighted by atomic mass is 10.1. The molecule has 0 bridgehead atoms. The number of aliphatic hydroxyl groups excluding tert-OH is 2. The van der Waals surface area contributed by atoms with Crippen molar-refractivity contribution in [2.75, 3.05) is 11.6 Å². The summed E-state index contributed by atoms with van der Waals surface area (Å²) in [5.41, 5.74) is 6.52. The second-order valence-electron chi connectivity index (χ2n) is 2.81. The molecule has 5 N–H and O–H groups in total. The lowest BCUT2D eigenvalue weighted by Gasteiger charge is -2.15. The molecule has 0 aliphatic heterocycles. The van der Waals surface area contributed by atoms with Crippen molar-refractivity contribution in [1.82, 2.24) is 10.2 Å². The first-order valence-corrected chi connectivity index (χ1v) is 4.33. The Labute approximate surface area is 80.5 Å². The quantitative estimate of drug-likeness (QED) is 0.520. The molecule has 2 unspecified atom stereocenters. The number of aromatic nitrogens is 2. The van der Waals surface area contributed by atoms with Crippen molar-refractivity contribution in [3.8, 4) is 0 Å². The second-order valence-corrected chi connectivity index (χ2v) is 3.12. The minimum Gasteiger partial charge on any atom is -0.389 e. The van der Waals surface area contributed by atoms with Crippen LogP contribution in [0, 0.1) is 6.92 Å². The highest BCUT2D eigenvalue weighted by atomic mass is 35.5. The number of H-pyrrole nitrogens is 1. The average Bonchev–Trinajstić information content (AvgIpc) is 2.44. The molecule has 1 aromatic heterocycles. The van der Waals surface area contributed by atoms with Crippen LogP contribution in [0.4, 0.5) is 5.82 Å². The largest absolute Gasteiger partial charge is 0.389 e. The third kappa shape index (κ3) is 1.93. The molecule has 1 heterocycles. The predicted molar refractivity (Wildman–Crippen MR) is 49.4 cm³/mol. The Kier molecular flexibility index (Phi) is 3.13. The minimum atomic E-state index is -1.09. The van der Waals surface area contributed by atoms with E-state index in [1.165, 1.54) is 0 Å². The molecule has 0 fully saturated rings. The van der Waals surface area contributed by atoms with Gasteiger partial charge >= 0.3 is 0 Å². The number of hydrogen-bond donors (Lipinski definition) is 4. The Morgan fingerprint density at radius 3 is 2.62 bits per heavy atom. The smallest absolute Gasteiger partial charge is 0.151 e. The first-order valence-electron chi connectivity index (χ1n) is 3.80. The third-order valence-electron chi connectivity index (χ3n) is 1.84. The van der Waals surface area contributed by atoms with Gasteiger partial charge in [0.25, 0.3) is 0 Å². The van der Waals surface area contributed by atoms with E-state index in [0.29, 0.717) is 11.3 Å². The first-order chi connectivity index (χ1) is 6.07. The summed E-state index contributed by atoms with van der Waals surface area (Å²) in [6, 6.07) is 0. The second kappa shape index (κ2) is 3.95. The summed E-state index contributed by atoms with van der Waals surface area (Å²) in [5, 5.41) is 25.1. The molecule has 0 saturated heterocycles. The Balaban J connectivity index is 2.93. The SMILES string of the molecule is Cc1[nH]nc(N)c1C(O)C(O)CCl. The molecule has 74 valence electrons. The molecular weight excluding hydrogens is 194 g/mol. The van der Waals surface area contributed by atoms with Crippen molar-refractivity contribution in [2.45, 2.75) is 19.1 Å². The van der Waals surface area contributed by atoms with Crippen LogP contribution in [0.2, 0.25) is 0 Å². The van der Waals surface area contributed by atoms with Crippen molar-refractivity contribution in [1.29, 1.82) is 0 Å². The zero-order valence-electron chi connectivity index (χ0n) is 7.16. The highest BCUT2D eigenvalue weighted by molar-refractivity contribution is 6.18. The Bertz CT molecular complexity index is 270. The van der Waals surface area contributed by atoms with Crippen LogP contribution in [0.25, 0.3) is 0 Å². The van der Waals surface area contributed by atoms with E-state index in [0.717, 1.165) is 0 Å². The van der Waals surface area contributed by atoms with Gasteiger partial charge in [0.2, 0.25) is 0 Å². The number of nitrogens with one attached hydrogen (secondary N) is 1. The van der Waals surface area contributed by atoms with Gasteiger partial charge in [-0.2, -0.15) is 5.10 Å². The molecule has 0 spiro atoms. The van der Waals surface area contributed by atoms with Crippen LogP contribution in [-0.2, 0) is 0 Å². The molecule has 6 heteroatoms. The molecular formula is C7H12ClN3O2. The van der Waals surface area contributed by atoms with E-state index in [-0.39, 0.29) is 11.7 Å². The van der Waals surface area contributed by atoms with Crippen LogP contribution >= 0.6 is 11.6 Å². The molecule has 5 nitrogen and oxygen atoms in total. The molecule has 0 aromatic carbocycles. The molecule has 0 aliphatic rings. The van der Waals surface area contributed by atoms with Crippen LogP contribution < -0.4 is 5.73 Å². The fourth-order valence-electron chi connectivity index (χ4n) is 1.11. The fraction of sp³-hybridized carbons (Fsp3) is 0.571. The standard InChI is InChI=1S/C7H12ClN3O2/c1-3-5(7(9)11-10-3)6(13)4(12)2-8/h4,6,12-13H,2H2,1H3,(H3,9,10,11). The van der Waals surface area contributed by atoms with Crippen LogP contribution in [0.5, 0.6) is 0 Å². The van der Waals surface area contributed by atoms with Gasteiger partial charge in [-0.05, 0) is 6.92 Å². The summed E-state index contributed by atoms with van der Waals surface area (Å²) in [5.74, 6) is 0.139. The maximum Gasteiger partial charge on any atom is 0.151 e. The monoisotopic (exact) mass is 205 g/mol. The van der Waals surface area contributed by atoms with Gasteiger partial charge in [0.05, 0.1) is 12.0 Å². The van der Waals surface area contributed by atoms with Gasteiger partial charge in [-0.15, -0.1) is 11.6 Å². The number of nitrogen functional groups attached to an aromatic ring is 1. The van der Waals surface area contributed by atoms with Gasteiger partial charge < -0.3 is 15.9 Å². The highest BCUT2D eigenvalue weighted by Gasteiger charge is 2.23. The van der Waals surface area contributed by atoms with E-state index in [1.807, 2.05) is 0 Å². The summed E-state index contributed by atoms with van der Waals surface area (Å²) in [6.45, 7) is 1.71. The number of aryl methyl sites for hydroxylation is 1. The van der Waals surface area contributed by atoms with Gasteiger partial charge in [-0.1, -0.05) is 0 Å². The highest BCUT2D eigenvalue weighted by Crippen LogP contribution is 2.24. The number of nitrogens with two attached hydrogens (primary N) is 1. The van der Waals surface area contributed by atoms with Gasteiger partial charge in [-0.25, -0.2) is 0 Å². The fourth-order valence-corrected chi connectivity index (χ4v) is 1.28. The number of aromatic amines is 1. The zero-order chi connectivity index (χ0) is 10.0. The first kappa shape index (κ1) is 10.3. The van der Waals surface area contributed by atoms with Gasteiger partial charge in [-0.3, -0.25) is 5.10 Å². The molecule has 1 aromatic rings. The maximum atomic E-state index is 9.57. The van der Waals surface area contributed by atoms with Crippen LogP contribution in [0.1, 0.15) is 17.4 Å². The molecule has 0 aliphatic carbocycles. The van der Waals surface area contributed by atoms with Gasteiger partial charge in [0.1, 0.15) is 6.10 Å². The Hall–Kier alpha value is -0.780. The summed E-state index contributed by atoms with van der Waals surface area (Å²) >= 11 is 5.39. The van der Waals surface area contributed by atoms with Crippen LogP contribution in [0.3, 0.4) is 0 Å². The van der Waals surface area contributed by atoms with E-state index in [9.17, 15) is 10.2 Å². The number of anilines is 1. The summed E-state index contributed by atoms with van der Waals surface area (Å²) in [6.07, 6.45) is -2.11. The average molecular weight is 206 g/mol. The Morgan fingerprint density at radius 2 is 2.23 bits per heavy atom. The van der Waals surface area contributed by atoms with Crippen LogP contribution in [-0.4, -0.2) is 32.4 Å². The third-order valence-corrected chi connectivity index (χ3v) is 2.16. The topological polar surface area (TPSA) is 95.2 Å². The summed E-state index contributed by atoms with van der Waals surface area (Å²) < 4.78 is 0. The van der Waals surface area contributed by atoms with Gasteiger partial charge in [0, 0.05) is 11.3 Å². The van der Waals surface area contributed by atoms with Crippen LogP contribution in [0.15, 0.2) is 0 Å². The van der Waals surface area contributed by atoms with Crippen molar-refractivity contribution in [3.63, 3.8) is 0 Å². The van der Waals surface area contributed by atoms with Gasteiger partial charge in [0.15, 0.2) is 5.82 Å². The Morgan fingerprint density at radius 1 is 1.62 bits per heavy atom. The number of rotatable bonds is 3. The number of aliphatic hydroxyl groups is 2. The minimum absolute atomic E-state index is 0.0504. The maximum absolute atomic E-state index is 9.57. The number of halogens is 1. The van der Waals surface area contributed by atoms with E-state index in [4.69, 9.17) is 17.3 Å². The zero-order valence-corrected chi connectivity index (χ0v) is 7.91. The molecule has 0 saturated carbocycles. The summed E-state index contributed by atoms with van der Waals surface area (Å²) in [7, 11) is 0. The molecule has 2 atom stereocenters.